The molecule has 0 aliphatic heterocycles. The number of nitrogens with one attached hydrogen (secondary N) is 1. The number of hydrogen-bond donors (Lipinski definition) is 2. The Hall–Kier alpha value is -2.33. The maximum Gasteiger partial charge on any atom is 0.138 e. The first kappa shape index (κ1) is 12.7. The first-order chi connectivity index (χ1) is 9.61. The average molecular weight is 285 g/mol. The Morgan fingerprint density at radius 3 is 2.85 bits per heavy atom. The number of hydrogen-bond acceptors (Lipinski definition) is 2. The minimum atomic E-state index is 0.527. The predicted octanol–water partition coefficient (Wildman–Crippen LogP) is 3.89. The number of aromatic nitrogens is 2. The molecule has 20 heavy (non-hydrogen) atoms. The summed E-state index contributed by atoms with van der Waals surface area (Å²) in [7, 11) is 0. The summed E-state index contributed by atoms with van der Waals surface area (Å²) in [6.07, 6.45) is 0. The van der Waals surface area contributed by atoms with Crippen molar-refractivity contribution >= 4 is 34.2 Å². The van der Waals surface area contributed by atoms with Crippen molar-refractivity contribution in [1.82, 2.24) is 9.97 Å². The fourth-order valence-electron chi connectivity index (χ4n) is 2.04. The molecular weight excluding hydrogens is 272 g/mol. The largest absolute Gasteiger partial charge is 0.387 e. The molecule has 0 saturated heterocycles. The fraction of sp³-hybridized carbons (Fsp3) is 0.0667. The Bertz CT molecular complexity index is 800. The monoisotopic (exact) mass is 284 g/mol. The van der Waals surface area contributed by atoms with Crippen molar-refractivity contribution in [2.75, 3.05) is 0 Å². The van der Waals surface area contributed by atoms with Crippen LogP contribution >= 0.6 is 11.6 Å². The van der Waals surface area contributed by atoms with Crippen LogP contribution < -0.4 is 5.73 Å². The summed E-state index contributed by atoms with van der Waals surface area (Å²) in [5.74, 6) is 1.31. The first-order valence-corrected chi connectivity index (χ1v) is 6.56. The van der Waals surface area contributed by atoms with Gasteiger partial charge < -0.3 is 10.7 Å². The average Bonchev–Trinajstić information content (AvgIpc) is 2.81. The number of benzene rings is 2. The van der Waals surface area contributed by atoms with E-state index in [2.05, 4.69) is 15.0 Å². The summed E-state index contributed by atoms with van der Waals surface area (Å²) < 4.78 is 0. The highest BCUT2D eigenvalue weighted by Gasteiger charge is 2.06. The SMILES string of the molecule is CC(N)=Nc1ccc2nc(-c3cccc(Cl)c3)[nH]c2c1. The third kappa shape index (κ3) is 2.51. The topological polar surface area (TPSA) is 67.1 Å². The summed E-state index contributed by atoms with van der Waals surface area (Å²) in [5.41, 5.74) is 9.15. The van der Waals surface area contributed by atoms with Crippen molar-refractivity contribution in [2.45, 2.75) is 6.92 Å². The van der Waals surface area contributed by atoms with Crippen LogP contribution in [0.3, 0.4) is 0 Å². The Balaban J connectivity index is 2.09. The van der Waals surface area contributed by atoms with E-state index < -0.39 is 0 Å². The molecule has 0 atom stereocenters. The molecule has 5 heteroatoms. The molecule has 0 amide bonds. The molecule has 0 aliphatic rings. The van der Waals surface area contributed by atoms with Crippen molar-refractivity contribution in [3.05, 3.63) is 47.5 Å². The Morgan fingerprint density at radius 1 is 1.25 bits per heavy atom. The molecule has 0 radical (unpaired) electrons. The minimum absolute atomic E-state index is 0.527. The van der Waals surface area contributed by atoms with Gasteiger partial charge in [0.25, 0.3) is 0 Å². The van der Waals surface area contributed by atoms with Crippen molar-refractivity contribution in [2.24, 2.45) is 10.7 Å². The number of imidazole rings is 1. The third-order valence-corrected chi connectivity index (χ3v) is 3.10. The van der Waals surface area contributed by atoms with E-state index in [-0.39, 0.29) is 0 Å². The molecule has 4 nitrogen and oxygen atoms in total. The summed E-state index contributed by atoms with van der Waals surface area (Å²) in [6, 6.07) is 13.3. The van der Waals surface area contributed by atoms with Crippen LogP contribution in [0.25, 0.3) is 22.4 Å². The molecule has 100 valence electrons. The number of H-pyrrole nitrogens is 1. The van der Waals surface area contributed by atoms with Gasteiger partial charge >= 0.3 is 0 Å². The van der Waals surface area contributed by atoms with Gasteiger partial charge in [-0.3, -0.25) is 0 Å². The normalized spacial score (nSPS) is 12.0. The Kier molecular flexibility index (Phi) is 3.16. The highest BCUT2D eigenvalue weighted by molar-refractivity contribution is 6.30. The van der Waals surface area contributed by atoms with Crippen LogP contribution in [0.1, 0.15) is 6.92 Å². The lowest BCUT2D eigenvalue weighted by atomic mass is 10.2. The van der Waals surface area contributed by atoms with Gasteiger partial charge in [-0.15, -0.1) is 0 Å². The van der Waals surface area contributed by atoms with Gasteiger partial charge in [-0.25, -0.2) is 9.98 Å². The van der Waals surface area contributed by atoms with E-state index in [4.69, 9.17) is 17.3 Å². The molecule has 0 spiro atoms. The molecule has 2 aromatic carbocycles. The highest BCUT2D eigenvalue weighted by Crippen LogP contribution is 2.25. The second-order valence-electron chi connectivity index (χ2n) is 4.55. The van der Waals surface area contributed by atoms with E-state index in [1.807, 2.05) is 42.5 Å². The lowest BCUT2D eigenvalue weighted by molar-refractivity contribution is 1.34. The number of nitrogens with two attached hydrogens (primary N) is 1. The van der Waals surface area contributed by atoms with Crippen molar-refractivity contribution in [3.63, 3.8) is 0 Å². The van der Waals surface area contributed by atoms with Crippen LogP contribution in [0.15, 0.2) is 47.5 Å². The van der Waals surface area contributed by atoms with Crippen LogP contribution in [0.4, 0.5) is 5.69 Å². The van der Waals surface area contributed by atoms with E-state index in [1.165, 1.54) is 0 Å². The summed E-state index contributed by atoms with van der Waals surface area (Å²) in [5, 5.41) is 0.687. The number of rotatable bonds is 2. The number of aliphatic imine (C=N–C) groups is 1. The van der Waals surface area contributed by atoms with E-state index in [9.17, 15) is 0 Å². The molecular formula is C15H13ClN4. The minimum Gasteiger partial charge on any atom is -0.387 e. The maximum atomic E-state index is 6.00. The fourth-order valence-corrected chi connectivity index (χ4v) is 2.23. The number of amidine groups is 1. The number of fused-ring (bicyclic) bond motifs is 1. The van der Waals surface area contributed by atoms with E-state index in [0.717, 1.165) is 28.1 Å². The van der Waals surface area contributed by atoms with Gasteiger partial charge in [-0.1, -0.05) is 23.7 Å². The smallest absolute Gasteiger partial charge is 0.138 e. The predicted molar refractivity (Wildman–Crippen MR) is 83.5 cm³/mol. The quantitative estimate of drug-likeness (QED) is 0.554. The molecule has 3 rings (SSSR count). The molecule has 0 saturated carbocycles. The molecule has 1 aromatic heterocycles. The first-order valence-electron chi connectivity index (χ1n) is 6.18. The van der Waals surface area contributed by atoms with Crippen molar-refractivity contribution in [3.8, 4) is 11.4 Å². The molecule has 0 bridgehead atoms. The van der Waals surface area contributed by atoms with Crippen LogP contribution in [-0.4, -0.2) is 15.8 Å². The van der Waals surface area contributed by atoms with Gasteiger partial charge in [0.15, 0.2) is 0 Å². The van der Waals surface area contributed by atoms with E-state index >= 15 is 0 Å². The Labute approximate surface area is 121 Å². The van der Waals surface area contributed by atoms with Gasteiger partial charge in [0.2, 0.25) is 0 Å². The lowest BCUT2D eigenvalue weighted by Gasteiger charge is -1.96. The van der Waals surface area contributed by atoms with Gasteiger partial charge in [0.05, 0.1) is 22.6 Å². The standard InChI is InChI=1S/C15H13ClN4/c1-9(17)18-12-5-6-13-14(8-12)20-15(19-13)10-3-2-4-11(16)7-10/h2-8H,1H3,(H2,17,18)(H,19,20). The molecule has 1 heterocycles. The maximum absolute atomic E-state index is 6.00. The molecule has 3 aromatic rings. The number of nitrogens with zero attached hydrogens (tertiary/aromatic N) is 2. The van der Waals surface area contributed by atoms with Crippen LogP contribution in [0, 0.1) is 0 Å². The highest BCUT2D eigenvalue weighted by atomic mass is 35.5. The number of aromatic amines is 1. The zero-order chi connectivity index (χ0) is 14.1. The van der Waals surface area contributed by atoms with Gasteiger partial charge in [-0.2, -0.15) is 0 Å². The van der Waals surface area contributed by atoms with E-state index in [0.29, 0.717) is 10.9 Å². The molecule has 0 fully saturated rings. The van der Waals surface area contributed by atoms with Crippen LogP contribution in [0.2, 0.25) is 5.02 Å². The van der Waals surface area contributed by atoms with Crippen molar-refractivity contribution < 1.29 is 0 Å². The summed E-state index contributed by atoms with van der Waals surface area (Å²) in [4.78, 5) is 12.1. The lowest BCUT2D eigenvalue weighted by Crippen LogP contribution is -2.03. The molecule has 0 unspecified atom stereocenters. The summed E-state index contributed by atoms with van der Waals surface area (Å²) >= 11 is 6.00. The van der Waals surface area contributed by atoms with Gasteiger partial charge in [0, 0.05) is 10.6 Å². The van der Waals surface area contributed by atoms with Crippen molar-refractivity contribution in [1.29, 1.82) is 0 Å². The van der Waals surface area contributed by atoms with Gasteiger partial charge in [0.1, 0.15) is 5.82 Å². The zero-order valence-electron chi connectivity index (χ0n) is 10.9. The van der Waals surface area contributed by atoms with Crippen LogP contribution in [-0.2, 0) is 0 Å². The number of halogens is 1. The second-order valence-corrected chi connectivity index (χ2v) is 4.99. The third-order valence-electron chi connectivity index (χ3n) is 2.87. The summed E-state index contributed by atoms with van der Waals surface area (Å²) in [6.45, 7) is 1.76. The van der Waals surface area contributed by atoms with Gasteiger partial charge in [-0.05, 0) is 37.3 Å². The zero-order valence-corrected chi connectivity index (χ0v) is 11.6. The molecule has 0 aliphatic carbocycles. The Morgan fingerprint density at radius 2 is 2.10 bits per heavy atom. The second kappa shape index (κ2) is 4.98. The van der Waals surface area contributed by atoms with E-state index in [1.54, 1.807) is 6.92 Å². The molecule has 3 N–H and O–H groups in total. The van der Waals surface area contributed by atoms with Crippen LogP contribution in [0.5, 0.6) is 0 Å².